The standard InChI is InChI=1S/C27H25F5N6O2S/c1-16(39)34-25-37-23-20(3-2-4-21(23)41-25)40-22-15-19(17-5-7-18(8-6-17)27(30,31)32)35-24(36-22)33-11-14-38-12-9-26(28,29)10-13-38/h2-8,15H,9-14H2,1H3,(H,33,35,36)(H,34,37,39). The molecule has 1 aliphatic heterocycles. The zero-order valence-corrected chi connectivity index (χ0v) is 22.6. The topological polar surface area (TPSA) is 92.3 Å². The van der Waals surface area contributed by atoms with Gasteiger partial charge in [-0.15, -0.1) is 0 Å². The monoisotopic (exact) mass is 592 g/mol. The summed E-state index contributed by atoms with van der Waals surface area (Å²) in [5, 5.41) is 6.12. The van der Waals surface area contributed by atoms with Crippen molar-refractivity contribution in [3.63, 3.8) is 0 Å². The molecule has 0 radical (unpaired) electrons. The van der Waals surface area contributed by atoms with E-state index < -0.39 is 17.7 Å². The number of carbonyl (C=O) groups excluding carboxylic acids is 1. The Morgan fingerprint density at radius 1 is 1.07 bits per heavy atom. The number of piperidine rings is 1. The molecular weight excluding hydrogens is 567 g/mol. The number of aromatic nitrogens is 3. The molecule has 4 aromatic rings. The van der Waals surface area contributed by atoms with E-state index in [1.807, 2.05) is 11.0 Å². The van der Waals surface area contributed by atoms with Crippen LogP contribution in [0.25, 0.3) is 21.5 Å². The second-order valence-corrected chi connectivity index (χ2v) is 10.6. The Morgan fingerprint density at radius 3 is 2.49 bits per heavy atom. The molecule has 0 bridgehead atoms. The molecule has 2 N–H and O–H groups in total. The van der Waals surface area contributed by atoms with Crippen LogP contribution >= 0.6 is 11.3 Å². The van der Waals surface area contributed by atoms with Gasteiger partial charge in [0.1, 0.15) is 5.52 Å². The fourth-order valence-electron chi connectivity index (χ4n) is 4.29. The number of likely N-dealkylation sites (tertiary alicyclic amines) is 1. The molecule has 1 fully saturated rings. The number of hydrogen-bond acceptors (Lipinski definition) is 8. The predicted octanol–water partition coefficient (Wildman–Crippen LogP) is 6.67. The van der Waals surface area contributed by atoms with Crippen molar-refractivity contribution in [1.82, 2.24) is 19.9 Å². The van der Waals surface area contributed by atoms with Gasteiger partial charge in [-0.2, -0.15) is 18.2 Å². The number of amides is 1. The number of hydrogen-bond donors (Lipinski definition) is 2. The maximum Gasteiger partial charge on any atom is 0.416 e. The number of halogens is 5. The quantitative estimate of drug-likeness (QED) is 0.221. The first-order valence-electron chi connectivity index (χ1n) is 12.7. The van der Waals surface area contributed by atoms with Crippen molar-refractivity contribution in [3.8, 4) is 22.9 Å². The van der Waals surface area contributed by atoms with Crippen molar-refractivity contribution in [1.29, 1.82) is 0 Å². The highest BCUT2D eigenvalue weighted by Crippen LogP contribution is 2.36. The highest BCUT2D eigenvalue weighted by Gasteiger charge is 2.33. The SMILES string of the molecule is CC(=O)Nc1nc2c(Oc3cc(-c4ccc(C(F)(F)F)cc4)nc(NCCN4CCC(F)(F)CC4)n3)cccc2s1. The Morgan fingerprint density at radius 2 is 1.80 bits per heavy atom. The number of fused-ring (bicyclic) bond motifs is 1. The number of benzene rings is 2. The highest BCUT2D eigenvalue weighted by molar-refractivity contribution is 7.22. The zero-order valence-electron chi connectivity index (χ0n) is 21.8. The normalized spacial score (nSPS) is 15.6. The molecule has 0 atom stereocenters. The zero-order chi connectivity index (χ0) is 29.2. The summed E-state index contributed by atoms with van der Waals surface area (Å²) in [6.07, 6.45) is -4.88. The number of nitrogens with zero attached hydrogens (tertiary/aromatic N) is 4. The average Bonchev–Trinajstić information content (AvgIpc) is 3.32. The smallest absolute Gasteiger partial charge is 0.416 e. The van der Waals surface area contributed by atoms with Crippen LogP contribution in [0.5, 0.6) is 11.6 Å². The molecular formula is C27H25F5N6O2S. The minimum Gasteiger partial charge on any atom is -0.437 e. The summed E-state index contributed by atoms with van der Waals surface area (Å²) < 4.78 is 73.1. The number of rotatable bonds is 8. The van der Waals surface area contributed by atoms with E-state index in [1.54, 1.807) is 12.1 Å². The van der Waals surface area contributed by atoms with Gasteiger partial charge in [-0.3, -0.25) is 4.79 Å². The summed E-state index contributed by atoms with van der Waals surface area (Å²) in [4.78, 5) is 26.7. The lowest BCUT2D eigenvalue weighted by atomic mass is 10.1. The number of alkyl halides is 5. The molecule has 2 aromatic heterocycles. The lowest BCUT2D eigenvalue weighted by Crippen LogP contribution is -2.41. The predicted molar refractivity (Wildman–Crippen MR) is 146 cm³/mol. The van der Waals surface area contributed by atoms with Crippen molar-refractivity contribution in [2.24, 2.45) is 0 Å². The molecule has 1 amide bonds. The van der Waals surface area contributed by atoms with Crippen LogP contribution in [0.4, 0.5) is 33.0 Å². The van der Waals surface area contributed by atoms with E-state index in [4.69, 9.17) is 4.74 Å². The number of thiazole rings is 1. The average molecular weight is 593 g/mol. The van der Waals surface area contributed by atoms with Crippen molar-refractivity contribution < 1.29 is 31.5 Å². The van der Waals surface area contributed by atoms with Gasteiger partial charge in [0, 0.05) is 57.6 Å². The minimum atomic E-state index is -4.48. The van der Waals surface area contributed by atoms with E-state index in [0.29, 0.717) is 40.7 Å². The molecule has 8 nitrogen and oxygen atoms in total. The van der Waals surface area contributed by atoms with Crippen LogP contribution in [-0.4, -0.2) is 57.9 Å². The Labute approximate surface area is 235 Å². The fraction of sp³-hybridized carbons (Fsp3) is 0.333. The number of nitrogens with one attached hydrogen (secondary N) is 2. The van der Waals surface area contributed by atoms with Gasteiger partial charge in [0.15, 0.2) is 10.9 Å². The minimum absolute atomic E-state index is 0.108. The van der Waals surface area contributed by atoms with Crippen molar-refractivity contribution in [2.75, 3.05) is 36.8 Å². The fourth-order valence-corrected chi connectivity index (χ4v) is 5.22. The van der Waals surface area contributed by atoms with Crippen LogP contribution in [-0.2, 0) is 11.0 Å². The summed E-state index contributed by atoms with van der Waals surface area (Å²) in [5.41, 5.74) is 0.425. The first kappa shape index (κ1) is 28.6. The molecule has 0 aliphatic carbocycles. The van der Waals surface area contributed by atoms with E-state index in [0.717, 1.165) is 16.8 Å². The second-order valence-electron chi connectivity index (χ2n) is 9.52. The molecule has 5 rings (SSSR count). The third kappa shape index (κ3) is 7.24. The van der Waals surface area contributed by atoms with Crippen molar-refractivity contribution in [2.45, 2.75) is 31.9 Å². The van der Waals surface area contributed by atoms with E-state index in [-0.39, 0.29) is 43.7 Å². The van der Waals surface area contributed by atoms with Crippen LogP contribution in [0, 0.1) is 0 Å². The first-order chi connectivity index (χ1) is 19.4. The molecule has 0 saturated carbocycles. The maximum atomic E-state index is 13.5. The third-order valence-corrected chi connectivity index (χ3v) is 7.32. The Kier molecular flexibility index (Phi) is 8.04. The summed E-state index contributed by atoms with van der Waals surface area (Å²) in [6, 6.07) is 11.3. The highest BCUT2D eigenvalue weighted by atomic mass is 32.1. The molecule has 2 aromatic carbocycles. The van der Waals surface area contributed by atoms with E-state index in [2.05, 4.69) is 25.6 Å². The maximum absolute atomic E-state index is 13.5. The molecule has 216 valence electrons. The van der Waals surface area contributed by atoms with Crippen molar-refractivity contribution in [3.05, 3.63) is 54.1 Å². The van der Waals surface area contributed by atoms with Gasteiger partial charge < -0.3 is 20.3 Å². The van der Waals surface area contributed by atoms with Gasteiger partial charge in [-0.25, -0.2) is 18.7 Å². The van der Waals surface area contributed by atoms with E-state index >= 15 is 0 Å². The van der Waals surface area contributed by atoms with Crippen LogP contribution in [0.1, 0.15) is 25.3 Å². The molecule has 0 unspecified atom stereocenters. The Hall–Kier alpha value is -3.91. The lowest BCUT2D eigenvalue weighted by molar-refractivity contribution is -0.137. The first-order valence-corrected chi connectivity index (χ1v) is 13.5. The van der Waals surface area contributed by atoms with Crippen LogP contribution in [0.15, 0.2) is 48.5 Å². The molecule has 14 heteroatoms. The number of para-hydroxylation sites is 1. The van der Waals surface area contributed by atoms with Crippen LogP contribution < -0.4 is 15.4 Å². The van der Waals surface area contributed by atoms with E-state index in [9.17, 15) is 26.7 Å². The summed E-state index contributed by atoms with van der Waals surface area (Å²) in [6.45, 7) is 2.75. The number of ether oxygens (including phenoxy) is 1. The van der Waals surface area contributed by atoms with Crippen LogP contribution in [0.3, 0.4) is 0 Å². The second kappa shape index (κ2) is 11.5. The largest absolute Gasteiger partial charge is 0.437 e. The summed E-state index contributed by atoms with van der Waals surface area (Å²) >= 11 is 1.27. The van der Waals surface area contributed by atoms with Gasteiger partial charge in [0.2, 0.25) is 17.7 Å². The van der Waals surface area contributed by atoms with Gasteiger partial charge in [0.05, 0.1) is 16.0 Å². The van der Waals surface area contributed by atoms with Gasteiger partial charge in [-0.1, -0.05) is 29.5 Å². The molecule has 0 spiro atoms. The Balaban J connectivity index is 1.41. The molecule has 1 saturated heterocycles. The molecule has 3 heterocycles. The third-order valence-electron chi connectivity index (χ3n) is 6.39. The molecule has 41 heavy (non-hydrogen) atoms. The Bertz CT molecular complexity index is 1530. The van der Waals surface area contributed by atoms with Gasteiger partial charge in [-0.05, 0) is 24.3 Å². The van der Waals surface area contributed by atoms with Crippen LogP contribution in [0.2, 0.25) is 0 Å². The number of carbonyl (C=O) groups is 1. The summed E-state index contributed by atoms with van der Waals surface area (Å²) in [7, 11) is 0. The number of anilines is 2. The lowest BCUT2D eigenvalue weighted by Gasteiger charge is -2.31. The van der Waals surface area contributed by atoms with Gasteiger partial charge >= 0.3 is 6.18 Å². The summed E-state index contributed by atoms with van der Waals surface area (Å²) in [5.74, 6) is -2.29. The van der Waals surface area contributed by atoms with Gasteiger partial charge in [0.25, 0.3) is 5.92 Å². The molecule has 1 aliphatic rings. The van der Waals surface area contributed by atoms with Crippen molar-refractivity contribution >= 4 is 38.5 Å². The van der Waals surface area contributed by atoms with E-state index in [1.165, 1.54) is 36.5 Å².